The van der Waals surface area contributed by atoms with Gasteiger partial charge in [0.1, 0.15) is 5.01 Å². The zero-order valence-electron chi connectivity index (χ0n) is 10.2. The van der Waals surface area contributed by atoms with Crippen molar-refractivity contribution in [3.05, 3.63) is 39.9 Å². The minimum absolute atomic E-state index is 0.107. The third-order valence-corrected chi connectivity index (χ3v) is 4.48. The SMILES string of the molecule is Cc1nnc(SCCn2nc3ccccn3c2=O)s1. The average molecular weight is 293 g/mol. The number of aromatic nitrogens is 5. The maximum absolute atomic E-state index is 12.0. The summed E-state index contributed by atoms with van der Waals surface area (Å²) < 4.78 is 3.95. The predicted molar refractivity (Wildman–Crippen MR) is 74.8 cm³/mol. The van der Waals surface area contributed by atoms with Crippen LogP contribution in [0.3, 0.4) is 0 Å². The first-order chi connectivity index (χ1) is 9.24. The fourth-order valence-electron chi connectivity index (χ4n) is 1.67. The number of rotatable bonds is 4. The van der Waals surface area contributed by atoms with Crippen LogP contribution in [0.1, 0.15) is 5.01 Å². The number of hydrogen-bond acceptors (Lipinski definition) is 6. The van der Waals surface area contributed by atoms with Crippen molar-refractivity contribution in [1.29, 1.82) is 0 Å². The number of pyridine rings is 1. The number of fused-ring (bicyclic) bond motifs is 1. The molecule has 19 heavy (non-hydrogen) atoms. The van der Waals surface area contributed by atoms with E-state index in [4.69, 9.17) is 0 Å². The Morgan fingerprint density at radius 3 is 3.00 bits per heavy atom. The van der Waals surface area contributed by atoms with Gasteiger partial charge in [0.05, 0.1) is 6.54 Å². The summed E-state index contributed by atoms with van der Waals surface area (Å²) in [4.78, 5) is 12.0. The Bertz CT molecular complexity index is 760. The first-order valence-corrected chi connectivity index (χ1v) is 7.51. The molecule has 0 saturated carbocycles. The van der Waals surface area contributed by atoms with Crippen LogP contribution in [0, 0.1) is 6.92 Å². The van der Waals surface area contributed by atoms with Crippen molar-refractivity contribution in [3.8, 4) is 0 Å². The molecule has 0 aliphatic rings. The van der Waals surface area contributed by atoms with E-state index in [9.17, 15) is 4.79 Å². The van der Waals surface area contributed by atoms with Crippen LogP contribution in [-0.2, 0) is 6.54 Å². The lowest BCUT2D eigenvalue weighted by Gasteiger charge is -1.96. The molecule has 0 radical (unpaired) electrons. The van der Waals surface area contributed by atoms with Crippen LogP contribution < -0.4 is 5.69 Å². The standard InChI is InChI=1S/C11H11N5OS2/c1-8-12-13-10(19-8)18-7-6-16-11(17)15-5-3-2-4-9(15)14-16/h2-5H,6-7H2,1H3. The molecular formula is C11H11N5OS2. The van der Waals surface area contributed by atoms with Crippen LogP contribution in [0.2, 0.25) is 0 Å². The van der Waals surface area contributed by atoms with E-state index < -0.39 is 0 Å². The van der Waals surface area contributed by atoms with Gasteiger partial charge in [-0.2, -0.15) is 0 Å². The molecule has 3 aromatic rings. The average Bonchev–Trinajstić information content (AvgIpc) is 2.96. The minimum Gasteiger partial charge on any atom is -0.250 e. The summed E-state index contributed by atoms with van der Waals surface area (Å²) in [7, 11) is 0. The van der Waals surface area contributed by atoms with E-state index in [2.05, 4.69) is 15.3 Å². The van der Waals surface area contributed by atoms with Gasteiger partial charge in [0.25, 0.3) is 0 Å². The van der Waals surface area contributed by atoms with E-state index in [1.165, 1.54) is 4.68 Å². The highest BCUT2D eigenvalue weighted by atomic mass is 32.2. The van der Waals surface area contributed by atoms with Crippen LogP contribution in [0.25, 0.3) is 5.65 Å². The highest BCUT2D eigenvalue weighted by molar-refractivity contribution is 8.01. The van der Waals surface area contributed by atoms with Crippen LogP contribution in [0.4, 0.5) is 0 Å². The fourth-order valence-corrected chi connectivity index (χ4v) is 3.47. The summed E-state index contributed by atoms with van der Waals surface area (Å²) in [5.41, 5.74) is 0.564. The minimum atomic E-state index is -0.107. The summed E-state index contributed by atoms with van der Waals surface area (Å²) in [6, 6.07) is 5.50. The summed E-state index contributed by atoms with van der Waals surface area (Å²) in [6.45, 7) is 2.48. The second-order valence-electron chi connectivity index (χ2n) is 3.87. The number of nitrogens with zero attached hydrogens (tertiary/aromatic N) is 5. The maximum atomic E-state index is 12.0. The number of hydrogen-bond donors (Lipinski definition) is 0. The van der Waals surface area contributed by atoms with Crippen LogP contribution in [-0.4, -0.2) is 30.1 Å². The van der Waals surface area contributed by atoms with Gasteiger partial charge in [-0.25, -0.2) is 9.48 Å². The lowest BCUT2D eigenvalue weighted by Crippen LogP contribution is -2.21. The molecular weight excluding hydrogens is 282 g/mol. The van der Waals surface area contributed by atoms with Crippen molar-refractivity contribution in [2.75, 3.05) is 5.75 Å². The molecule has 0 bridgehead atoms. The normalized spacial score (nSPS) is 11.2. The van der Waals surface area contributed by atoms with Gasteiger partial charge in [0.15, 0.2) is 9.99 Å². The largest absolute Gasteiger partial charge is 0.350 e. The van der Waals surface area contributed by atoms with E-state index >= 15 is 0 Å². The molecule has 8 heteroatoms. The Labute approximate surface area is 117 Å². The van der Waals surface area contributed by atoms with Gasteiger partial charge < -0.3 is 0 Å². The van der Waals surface area contributed by atoms with Gasteiger partial charge in [-0.15, -0.1) is 15.3 Å². The van der Waals surface area contributed by atoms with E-state index in [0.717, 1.165) is 15.1 Å². The highest BCUT2D eigenvalue weighted by Crippen LogP contribution is 2.21. The molecule has 0 unspecified atom stereocenters. The van der Waals surface area contributed by atoms with Gasteiger partial charge in [-0.05, 0) is 19.1 Å². The third-order valence-electron chi connectivity index (χ3n) is 2.52. The molecule has 0 atom stereocenters. The Kier molecular flexibility index (Phi) is 3.34. The molecule has 0 spiro atoms. The summed E-state index contributed by atoms with van der Waals surface area (Å²) in [5.74, 6) is 0.748. The lowest BCUT2D eigenvalue weighted by molar-refractivity contribution is 0.639. The Morgan fingerprint density at radius 2 is 2.26 bits per heavy atom. The van der Waals surface area contributed by atoms with Gasteiger partial charge >= 0.3 is 5.69 Å². The third kappa shape index (κ3) is 2.54. The quantitative estimate of drug-likeness (QED) is 0.681. The fraction of sp³-hybridized carbons (Fsp3) is 0.273. The van der Waals surface area contributed by atoms with Crippen molar-refractivity contribution in [2.24, 2.45) is 0 Å². The zero-order chi connectivity index (χ0) is 13.2. The Balaban J connectivity index is 1.72. The molecule has 0 amide bonds. The lowest BCUT2D eigenvalue weighted by atomic mass is 10.5. The molecule has 3 rings (SSSR count). The summed E-state index contributed by atoms with van der Waals surface area (Å²) in [5, 5.41) is 13.2. The Morgan fingerprint density at radius 1 is 1.37 bits per heavy atom. The zero-order valence-corrected chi connectivity index (χ0v) is 11.8. The van der Waals surface area contributed by atoms with Gasteiger partial charge in [-0.3, -0.25) is 4.40 Å². The predicted octanol–water partition coefficient (Wildman–Crippen LogP) is 1.45. The molecule has 0 fully saturated rings. The molecule has 0 N–H and O–H groups in total. The van der Waals surface area contributed by atoms with Gasteiger partial charge in [0, 0.05) is 11.9 Å². The second-order valence-corrected chi connectivity index (χ2v) is 6.39. The second kappa shape index (κ2) is 5.14. The maximum Gasteiger partial charge on any atom is 0.350 e. The van der Waals surface area contributed by atoms with E-state index in [0.29, 0.717) is 12.2 Å². The number of thioether (sulfide) groups is 1. The van der Waals surface area contributed by atoms with Crippen molar-refractivity contribution < 1.29 is 0 Å². The van der Waals surface area contributed by atoms with E-state index in [1.54, 1.807) is 33.7 Å². The van der Waals surface area contributed by atoms with Crippen molar-refractivity contribution >= 4 is 28.7 Å². The topological polar surface area (TPSA) is 65.1 Å². The van der Waals surface area contributed by atoms with Gasteiger partial charge in [-0.1, -0.05) is 29.2 Å². The first kappa shape index (κ1) is 12.4. The molecule has 6 nitrogen and oxygen atoms in total. The molecule has 0 aromatic carbocycles. The highest BCUT2D eigenvalue weighted by Gasteiger charge is 2.06. The van der Waals surface area contributed by atoms with Crippen LogP contribution in [0.15, 0.2) is 33.5 Å². The number of aryl methyl sites for hydroxylation is 2. The molecule has 3 aromatic heterocycles. The van der Waals surface area contributed by atoms with Gasteiger partial charge in [0.2, 0.25) is 0 Å². The monoisotopic (exact) mass is 293 g/mol. The summed E-state index contributed by atoms with van der Waals surface area (Å²) in [6.07, 6.45) is 1.72. The molecule has 0 aliphatic heterocycles. The summed E-state index contributed by atoms with van der Waals surface area (Å²) >= 11 is 3.15. The smallest absolute Gasteiger partial charge is 0.250 e. The molecule has 98 valence electrons. The van der Waals surface area contributed by atoms with Crippen LogP contribution in [0.5, 0.6) is 0 Å². The van der Waals surface area contributed by atoms with Crippen molar-refractivity contribution in [3.63, 3.8) is 0 Å². The van der Waals surface area contributed by atoms with Crippen molar-refractivity contribution in [2.45, 2.75) is 17.8 Å². The molecule has 0 aliphatic carbocycles. The van der Waals surface area contributed by atoms with Crippen molar-refractivity contribution in [1.82, 2.24) is 24.4 Å². The van der Waals surface area contributed by atoms with E-state index in [1.807, 2.05) is 25.1 Å². The first-order valence-electron chi connectivity index (χ1n) is 5.71. The van der Waals surface area contributed by atoms with E-state index in [-0.39, 0.29) is 5.69 Å². The molecule has 0 saturated heterocycles. The Hall–Kier alpha value is -1.67. The van der Waals surface area contributed by atoms with Crippen LogP contribution >= 0.6 is 23.1 Å². The molecule has 3 heterocycles.